The predicted molar refractivity (Wildman–Crippen MR) is 113 cm³/mol. The molecule has 0 bridgehead atoms. The molecule has 2 saturated heterocycles. The Morgan fingerprint density at radius 3 is 2.62 bits per heavy atom. The van der Waals surface area contributed by atoms with E-state index in [4.69, 9.17) is 4.98 Å². The van der Waals surface area contributed by atoms with Gasteiger partial charge in [0.1, 0.15) is 5.82 Å². The molecule has 2 aliphatic heterocycles. The van der Waals surface area contributed by atoms with Gasteiger partial charge in [-0.05, 0) is 33.4 Å². The van der Waals surface area contributed by atoms with E-state index in [9.17, 15) is 10.1 Å². The van der Waals surface area contributed by atoms with E-state index in [-0.39, 0.29) is 10.6 Å². The fourth-order valence-electron chi connectivity index (χ4n) is 4.35. The van der Waals surface area contributed by atoms with Crippen molar-refractivity contribution in [1.29, 1.82) is 0 Å². The molecule has 2 aromatic rings. The highest BCUT2D eigenvalue weighted by molar-refractivity contribution is 5.61. The summed E-state index contributed by atoms with van der Waals surface area (Å²) >= 11 is 0. The molecule has 0 amide bonds. The Bertz CT molecular complexity index is 881. The van der Waals surface area contributed by atoms with Gasteiger partial charge in [-0.1, -0.05) is 12.1 Å². The maximum atomic E-state index is 11.1. The van der Waals surface area contributed by atoms with Gasteiger partial charge in [0.25, 0.3) is 5.69 Å². The number of hydrogen-bond acceptors (Lipinski definition) is 7. The second kappa shape index (κ2) is 8.42. The van der Waals surface area contributed by atoms with Crippen LogP contribution in [0.4, 0.5) is 11.5 Å². The highest BCUT2D eigenvalue weighted by Gasteiger charge is 2.27. The highest BCUT2D eigenvalue weighted by Crippen LogP contribution is 2.25. The summed E-state index contributed by atoms with van der Waals surface area (Å²) in [5, 5.41) is 11.1. The quantitative estimate of drug-likeness (QED) is 0.580. The summed E-state index contributed by atoms with van der Waals surface area (Å²) in [4.78, 5) is 27.3. The number of rotatable bonds is 4. The minimum atomic E-state index is -0.387. The van der Waals surface area contributed by atoms with Gasteiger partial charge in [0.15, 0.2) is 5.82 Å². The lowest BCUT2D eigenvalue weighted by molar-refractivity contribution is -0.384. The zero-order valence-corrected chi connectivity index (χ0v) is 17.1. The third-order valence-corrected chi connectivity index (χ3v) is 5.91. The Morgan fingerprint density at radius 1 is 1.10 bits per heavy atom. The Balaban J connectivity index is 1.49. The molecule has 3 heterocycles. The van der Waals surface area contributed by atoms with Crippen LogP contribution >= 0.6 is 0 Å². The summed E-state index contributed by atoms with van der Waals surface area (Å²) in [6.45, 7) is 8.25. The number of nitro groups is 1. The third-order valence-electron chi connectivity index (χ3n) is 5.91. The molecule has 1 atom stereocenters. The fraction of sp³-hybridized carbons (Fsp3) is 0.524. The van der Waals surface area contributed by atoms with Crippen molar-refractivity contribution < 1.29 is 4.92 Å². The van der Waals surface area contributed by atoms with Crippen LogP contribution in [0.1, 0.15) is 18.5 Å². The molecule has 2 fully saturated rings. The lowest BCUT2D eigenvalue weighted by Crippen LogP contribution is -2.54. The van der Waals surface area contributed by atoms with Gasteiger partial charge in [0, 0.05) is 68.2 Å². The number of benzene rings is 1. The van der Waals surface area contributed by atoms with Gasteiger partial charge >= 0.3 is 0 Å². The largest absolute Gasteiger partial charge is 0.354 e. The van der Waals surface area contributed by atoms with Crippen molar-refractivity contribution in [2.24, 2.45) is 0 Å². The Morgan fingerprint density at radius 2 is 1.90 bits per heavy atom. The molecule has 1 aromatic carbocycles. The van der Waals surface area contributed by atoms with E-state index < -0.39 is 0 Å². The first-order valence-corrected chi connectivity index (χ1v) is 10.3. The normalized spacial score (nSPS) is 21.3. The van der Waals surface area contributed by atoms with Crippen LogP contribution in [0.15, 0.2) is 30.3 Å². The molecule has 29 heavy (non-hydrogen) atoms. The summed E-state index contributed by atoms with van der Waals surface area (Å²) in [7, 11) is 2.21. The van der Waals surface area contributed by atoms with Gasteiger partial charge < -0.3 is 9.80 Å². The highest BCUT2D eigenvalue weighted by atomic mass is 16.6. The van der Waals surface area contributed by atoms with Crippen LogP contribution in [0.2, 0.25) is 0 Å². The molecule has 0 radical (unpaired) electrons. The first-order valence-electron chi connectivity index (χ1n) is 10.3. The summed E-state index contributed by atoms with van der Waals surface area (Å²) in [5.41, 5.74) is 1.60. The van der Waals surface area contributed by atoms with E-state index in [2.05, 4.69) is 26.7 Å². The number of non-ortho nitro benzene ring substituents is 1. The van der Waals surface area contributed by atoms with Crippen molar-refractivity contribution in [2.45, 2.75) is 25.8 Å². The molecule has 8 nitrogen and oxygen atoms in total. The Labute approximate surface area is 171 Å². The minimum absolute atomic E-state index is 0.0558. The standard InChI is InChI=1S/C21H28N6O2/c1-16-13-20(23-21(22-16)17-5-3-6-18(14-17)27(28)29)26-11-9-25(10-12-26)19-7-4-8-24(2)15-19/h3,5-6,13-14,19H,4,7-12,15H2,1-2H3. The fourth-order valence-corrected chi connectivity index (χ4v) is 4.35. The number of piperazine rings is 1. The lowest BCUT2D eigenvalue weighted by atomic mass is 10.0. The summed E-state index contributed by atoms with van der Waals surface area (Å²) in [5.74, 6) is 1.44. The van der Waals surface area contributed by atoms with E-state index in [0.717, 1.165) is 44.2 Å². The first kappa shape index (κ1) is 19.7. The van der Waals surface area contributed by atoms with Crippen LogP contribution in [-0.4, -0.2) is 77.0 Å². The Kier molecular flexibility index (Phi) is 5.73. The van der Waals surface area contributed by atoms with Crippen LogP contribution < -0.4 is 4.90 Å². The Hall–Kier alpha value is -2.58. The van der Waals surface area contributed by atoms with E-state index >= 15 is 0 Å². The van der Waals surface area contributed by atoms with Gasteiger partial charge in [0.05, 0.1) is 4.92 Å². The average Bonchev–Trinajstić information content (AvgIpc) is 2.73. The molecule has 2 aliphatic rings. The number of anilines is 1. The molecule has 8 heteroatoms. The van der Waals surface area contributed by atoms with Crippen molar-refractivity contribution in [3.63, 3.8) is 0 Å². The predicted octanol–water partition coefficient (Wildman–Crippen LogP) is 2.58. The molecule has 154 valence electrons. The van der Waals surface area contributed by atoms with Crippen molar-refractivity contribution in [2.75, 3.05) is 51.2 Å². The van der Waals surface area contributed by atoms with E-state index in [1.165, 1.54) is 31.5 Å². The number of piperidine rings is 1. The SMILES string of the molecule is Cc1cc(N2CCN(C3CCCN(C)C3)CC2)nc(-c2cccc([N+](=O)[O-])c2)n1. The summed E-state index contributed by atoms with van der Waals surface area (Å²) in [6.07, 6.45) is 2.56. The van der Waals surface area contributed by atoms with Gasteiger partial charge in [-0.25, -0.2) is 9.97 Å². The molecule has 0 spiro atoms. The monoisotopic (exact) mass is 396 g/mol. The zero-order valence-electron chi connectivity index (χ0n) is 17.1. The van der Waals surface area contributed by atoms with Gasteiger partial charge in [-0.3, -0.25) is 15.0 Å². The third kappa shape index (κ3) is 4.54. The van der Waals surface area contributed by atoms with E-state index in [0.29, 0.717) is 17.4 Å². The van der Waals surface area contributed by atoms with Crippen LogP contribution in [0.5, 0.6) is 0 Å². The number of nitrogens with zero attached hydrogens (tertiary/aromatic N) is 6. The number of hydrogen-bond donors (Lipinski definition) is 0. The number of likely N-dealkylation sites (N-methyl/N-ethyl adjacent to an activating group) is 1. The smallest absolute Gasteiger partial charge is 0.270 e. The number of aryl methyl sites for hydroxylation is 1. The van der Waals surface area contributed by atoms with Crippen molar-refractivity contribution in [1.82, 2.24) is 19.8 Å². The molecule has 1 unspecified atom stereocenters. The van der Waals surface area contributed by atoms with E-state index in [1.807, 2.05) is 19.1 Å². The van der Waals surface area contributed by atoms with Gasteiger partial charge in [-0.15, -0.1) is 0 Å². The second-order valence-corrected chi connectivity index (χ2v) is 8.08. The van der Waals surface area contributed by atoms with E-state index in [1.54, 1.807) is 6.07 Å². The first-order chi connectivity index (χ1) is 14.0. The minimum Gasteiger partial charge on any atom is -0.354 e. The van der Waals surface area contributed by atoms with Crippen LogP contribution in [-0.2, 0) is 0 Å². The molecule has 4 rings (SSSR count). The summed E-state index contributed by atoms with van der Waals surface area (Å²) in [6, 6.07) is 9.19. The van der Waals surface area contributed by atoms with Crippen LogP contribution in [0.25, 0.3) is 11.4 Å². The number of likely N-dealkylation sites (tertiary alicyclic amines) is 1. The number of nitro benzene ring substituents is 1. The molecular weight excluding hydrogens is 368 g/mol. The summed E-state index contributed by atoms with van der Waals surface area (Å²) < 4.78 is 0. The van der Waals surface area contributed by atoms with Crippen molar-refractivity contribution in [3.05, 3.63) is 46.1 Å². The molecule has 0 aliphatic carbocycles. The zero-order chi connectivity index (χ0) is 20.4. The van der Waals surface area contributed by atoms with Crippen LogP contribution in [0.3, 0.4) is 0 Å². The van der Waals surface area contributed by atoms with Crippen LogP contribution in [0, 0.1) is 17.0 Å². The maximum absolute atomic E-state index is 11.1. The molecule has 1 aromatic heterocycles. The average molecular weight is 396 g/mol. The molecular formula is C21H28N6O2. The van der Waals surface area contributed by atoms with Crippen molar-refractivity contribution in [3.8, 4) is 11.4 Å². The molecule has 0 saturated carbocycles. The maximum Gasteiger partial charge on any atom is 0.270 e. The molecule has 0 N–H and O–H groups in total. The topological polar surface area (TPSA) is 78.6 Å². The van der Waals surface area contributed by atoms with Crippen molar-refractivity contribution >= 4 is 11.5 Å². The second-order valence-electron chi connectivity index (χ2n) is 8.08. The number of aromatic nitrogens is 2. The van der Waals surface area contributed by atoms with Gasteiger partial charge in [-0.2, -0.15) is 0 Å². The lowest BCUT2D eigenvalue weighted by Gasteiger charge is -2.43. The van der Waals surface area contributed by atoms with Gasteiger partial charge in [0.2, 0.25) is 0 Å².